The lowest BCUT2D eigenvalue weighted by Gasteiger charge is -2.25. The van der Waals surface area contributed by atoms with Gasteiger partial charge in [0.2, 0.25) is 5.91 Å². The molecule has 1 aliphatic heterocycles. The summed E-state index contributed by atoms with van der Waals surface area (Å²) >= 11 is 0. The molecule has 1 aliphatic rings. The summed E-state index contributed by atoms with van der Waals surface area (Å²) in [7, 11) is 0. The first-order chi connectivity index (χ1) is 12.2. The molecular weight excluding hydrogens is 322 g/mol. The van der Waals surface area contributed by atoms with Gasteiger partial charge in [-0.05, 0) is 36.5 Å². The number of benzene rings is 1. The quantitative estimate of drug-likeness (QED) is 0.867. The predicted octanol–water partition coefficient (Wildman–Crippen LogP) is 4.72. The molecule has 0 saturated carbocycles. The molecule has 3 rings (SSSR count). The highest BCUT2D eigenvalue weighted by Crippen LogP contribution is 2.35. The van der Waals surface area contributed by atoms with E-state index in [-0.39, 0.29) is 11.3 Å². The van der Waals surface area contributed by atoms with Gasteiger partial charge in [-0.25, -0.2) is 4.98 Å². The molecule has 0 unspecified atom stereocenters. The summed E-state index contributed by atoms with van der Waals surface area (Å²) in [6.45, 7) is 11.3. The van der Waals surface area contributed by atoms with Crippen molar-refractivity contribution in [1.82, 2.24) is 4.98 Å². The van der Waals surface area contributed by atoms with E-state index in [2.05, 4.69) is 68.2 Å². The molecular formula is C22H29N3O. The van der Waals surface area contributed by atoms with Gasteiger partial charge < -0.3 is 10.2 Å². The van der Waals surface area contributed by atoms with E-state index in [9.17, 15) is 4.79 Å². The molecule has 0 spiro atoms. The Hall–Kier alpha value is -2.36. The molecule has 1 aromatic heterocycles. The van der Waals surface area contributed by atoms with Crippen LogP contribution in [0.15, 0.2) is 36.4 Å². The van der Waals surface area contributed by atoms with E-state index in [4.69, 9.17) is 4.98 Å². The molecule has 0 bridgehead atoms. The molecule has 0 fully saturated rings. The molecule has 1 amide bonds. The lowest BCUT2D eigenvalue weighted by atomic mass is 9.92. The van der Waals surface area contributed by atoms with Gasteiger partial charge in [0.1, 0.15) is 5.82 Å². The Bertz CT molecular complexity index is 793. The van der Waals surface area contributed by atoms with Crippen LogP contribution in [0, 0.1) is 12.3 Å². The number of nitrogens with one attached hydrogen (secondary N) is 1. The van der Waals surface area contributed by atoms with Gasteiger partial charge >= 0.3 is 0 Å². The van der Waals surface area contributed by atoms with Crippen molar-refractivity contribution in [3.63, 3.8) is 0 Å². The van der Waals surface area contributed by atoms with Crippen LogP contribution in [0.4, 0.5) is 11.5 Å². The maximum absolute atomic E-state index is 12.3. The highest BCUT2D eigenvalue weighted by atomic mass is 16.1. The maximum atomic E-state index is 12.3. The maximum Gasteiger partial charge on any atom is 0.226 e. The van der Waals surface area contributed by atoms with Crippen LogP contribution in [0.1, 0.15) is 50.9 Å². The number of carbonyl (C=O) groups excluding carboxylic acids is 1. The molecule has 1 N–H and O–H groups in total. The number of aromatic nitrogens is 1. The molecule has 0 aliphatic carbocycles. The van der Waals surface area contributed by atoms with E-state index in [0.29, 0.717) is 18.3 Å². The molecule has 26 heavy (non-hydrogen) atoms. The number of carbonyl (C=O) groups is 1. The van der Waals surface area contributed by atoms with Gasteiger partial charge in [0.25, 0.3) is 0 Å². The highest BCUT2D eigenvalue weighted by molar-refractivity contribution is 5.91. The summed E-state index contributed by atoms with van der Waals surface area (Å²) in [5, 5.41) is 3.01. The number of hydrogen-bond acceptors (Lipinski definition) is 3. The number of fused-ring (bicyclic) bond motifs is 1. The third-order valence-corrected chi connectivity index (χ3v) is 4.74. The summed E-state index contributed by atoms with van der Waals surface area (Å²) in [6.07, 6.45) is 1.40. The van der Waals surface area contributed by atoms with Crippen molar-refractivity contribution in [2.75, 3.05) is 10.2 Å². The topological polar surface area (TPSA) is 45.2 Å². The fraction of sp³-hybridized carbons (Fsp3) is 0.455. The van der Waals surface area contributed by atoms with Crippen molar-refractivity contribution in [3.05, 3.63) is 53.2 Å². The van der Waals surface area contributed by atoms with Gasteiger partial charge in [-0.15, -0.1) is 0 Å². The van der Waals surface area contributed by atoms with E-state index in [1.807, 2.05) is 13.0 Å². The van der Waals surface area contributed by atoms with Crippen LogP contribution in [-0.4, -0.2) is 16.9 Å². The van der Waals surface area contributed by atoms with Crippen LogP contribution in [0.25, 0.3) is 0 Å². The Morgan fingerprint density at radius 2 is 1.96 bits per heavy atom. The fourth-order valence-corrected chi connectivity index (χ4v) is 3.47. The predicted molar refractivity (Wildman–Crippen MR) is 107 cm³/mol. The summed E-state index contributed by atoms with van der Waals surface area (Å²) < 4.78 is 0. The standard InChI is InChI=1S/C22H29N3O/c1-15-11-19-18(23-21(15)24-20(26)13-22(3,4)5)12-16(2)25(19)14-17-9-7-6-8-10-17/h6-11,16H,12-14H2,1-5H3,(H,23,24,26)/t16-/m1/s1. The number of hydrogen-bond donors (Lipinski definition) is 1. The van der Waals surface area contributed by atoms with Crippen molar-refractivity contribution in [3.8, 4) is 0 Å². The lowest BCUT2D eigenvalue weighted by molar-refractivity contribution is -0.117. The minimum absolute atomic E-state index is 0.0280. The highest BCUT2D eigenvalue weighted by Gasteiger charge is 2.28. The first-order valence-electron chi connectivity index (χ1n) is 9.34. The monoisotopic (exact) mass is 351 g/mol. The average Bonchev–Trinajstić information content (AvgIpc) is 2.82. The smallest absolute Gasteiger partial charge is 0.226 e. The van der Waals surface area contributed by atoms with Crippen molar-refractivity contribution in [1.29, 1.82) is 0 Å². The van der Waals surface area contributed by atoms with Crippen molar-refractivity contribution >= 4 is 17.4 Å². The number of anilines is 2. The third kappa shape index (κ3) is 4.24. The van der Waals surface area contributed by atoms with Crippen molar-refractivity contribution in [2.24, 2.45) is 5.41 Å². The lowest BCUT2D eigenvalue weighted by Crippen LogP contribution is -2.28. The van der Waals surface area contributed by atoms with Gasteiger partial charge in [-0.2, -0.15) is 0 Å². The zero-order valence-corrected chi connectivity index (χ0v) is 16.5. The molecule has 4 heteroatoms. The second-order valence-electron chi connectivity index (χ2n) is 8.57. The Morgan fingerprint density at radius 1 is 1.27 bits per heavy atom. The number of amides is 1. The molecule has 0 radical (unpaired) electrons. The van der Waals surface area contributed by atoms with Crippen LogP contribution in [-0.2, 0) is 17.8 Å². The minimum atomic E-state index is -0.0320. The molecule has 1 atom stereocenters. The molecule has 2 aromatic rings. The number of rotatable bonds is 4. The summed E-state index contributed by atoms with van der Waals surface area (Å²) in [4.78, 5) is 19.5. The largest absolute Gasteiger partial charge is 0.363 e. The van der Waals surface area contributed by atoms with Crippen LogP contribution < -0.4 is 10.2 Å². The zero-order valence-electron chi connectivity index (χ0n) is 16.5. The fourth-order valence-electron chi connectivity index (χ4n) is 3.47. The second kappa shape index (κ2) is 7.10. The molecule has 1 aromatic carbocycles. The van der Waals surface area contributed by atoms with E-state index in [1.54, 1.807) is 0 Å². The van der Waals surface area contributed by atoms with Crippen LogP contribution in [0.5, 0.6) is 0 Å². The van der Waals surface area contributed by atoms with Crippen molar-refractivity contribution in [2.45, 2.75) is 60.0 Å². The van der Waals surface area contributed by atoms with Gasteiger partial charge in [0.05, 0.1) is 11.4 Å². The van der Waals surface area contributed by atoms with Gasteiger partial charge in [0.15, 0.2) is 0 Å². The van der Waals surface area contributed by atoms with E-state index in [0.717, 1.165) is 24.2 Å². The summed E-state index contributed by atoms with van der Waals surface area (Å²) in [6, 6.07) is 13.1. The van der Waals surface area contributed by atoms with E-state index in [1.165, 1.54) is 11.3 Å². The Balaban J connectivity index is 1.81. The SMILES string of the molecule is Cc1cc2c(nc1NC(=O)CC(C)(C)C)C[C@@H](C)N2Cc1ccccc1. The first kappa shape index (κ1) is 18.4. The first-order valence-corrected chi connectivity index (χ1v) is 9.34. The number of pyridine rings is 1. The molecule has 138 valence electrons. The Labute approximate surface area is 156 Å². The normalized spacial score (nSPS) is 16.5. The summed E-state index contributed by atoms with van der Waals surface area (Å²) in [5.41, 5.74) is 4.54. The third-order valence-electron chi connectivity index (χ3n) is 4.74. The average molecular weight is 351 g/mol. The minimum Gasteiger partial charge on any atom is -0.363 e. The van der Waals surface area contributed by atoms with Crippen molar-refractivity contribution < 1.29 is 4.79 Å². The summed E-state index contributed by atoms with van der Waals surface area (Å²) in [5.74, 6) is 0.729. The number of aryl methyl sites for hydroxylation is 1. The van der Waals surface area contributed by atoms with Crippen LogP contribution >= 0.6 is 0 Å². The number of nitrogens with zero attached hydrogens (tertiary/aromatic N) is 2. The van der Waals surface area contributed by atoms with Gasteiger partial charge in [-0.1, -0.05) is 51.1 Å². The van der Waals surface area contributed by atoms with E-state index < -0.39 is 0 Å². The molecule has 4 nitrogen and oxygen atoms in total. The van der Waals surface area contributed by atoms with Gasteiger partial charge in [0, 0.05) is 25.4 Å². The van der Waals surface area contributed by atoms with E-state index >= 15 is 0 Å². The zero-order chi connectivity index (χ0) is 18.9. The molecule has 0 saturated heterocycles. The van der Waals surface area contributed by atoms with Crippen LogP contribution in [0.2, 0.25) is 0 Å². The second-order valence-corrected chi connectivity index (χ2v) is 8.57. The molecule has 2 heterocycles. The van der Waals surface area contributed by atoms with Gasteiger partial charge in [-0.3, -0.25) is 4.79 Å². The Kier molecular flexibility index (Phi) is 5.03. The Morgan fingerprint density at radius 3 is 2.62 bits per heavy atom. The van der Waals surface area contributed by atoms with Crippen LogP contribution in [0.3, 0.4) is 0 Å².